The summed E-state index contributed by atoms with van der Waals surface area (Å²) in [6, 6.07) is 18.1. The van der Waals surface area contributed by atoms with Gasteiger partial charge in [-0.15, -0.1) is 23.5 Å². The van der Waals surface area contributed by atoms with Gasteiger partial charge in [-0.3, -0.25) is 5.01 Å². The summed E-state index contributed by atoms with van der Waals surface area (Å²) in [4.78, 5) is 5.03. The summed E-state index contributed by atoms with van der Waals surface area (Å²) < 4.78 is 0. The standard InChI is InChI=1S/C23H27N3S2/c1-25-14-18(13-16-5-9-19(27-3)10-6-16)22-21(15-25)23(26(2)24-22)17-7-11-20(28-4)12-8-17/h5-13,21,23H,14-15H2,1-4H3/b18-13+/t21-,23+/m1/s1. The van der Waals surface area contributed by atoms with Crippen LogP contribution in [0.4, 0.5) is 0 Å². The first kappa shape index (κ1) is 19.6. The SMILES string of the molecule is CSc1ccc(/C=C2\CN(C)C[C@@H]3C2=NN(C)[C@H]3c2ccc(SC)cc2)cc1. The number of likely N-dealkylation sites (tertiary alicyclic amines) is 1. The van der Waals surface area contributed by atoms with Gasteiger partial charge < -0.3 is 4.90 Å². The first-order chi connectivity index (χ1) is 13.6. The van der Waals surface area contributed by atoms with Gasteiger partial charge in [0.05, 0.1) is 11.8 Å². The molecule has 0 aliphatic carbocycles. The van der Waals surface area contributed by atoms with Gasteiger partial charge >= 0.3 is 0 Å². The van der Waals surface area contributed by atoms with Crippen LogP contribution in [0.25, 0.3) is 6.08 Å². The monoisotopic (exact) mass is 409 g/mol. The maximum Gasteiger partial charge on any atom is 0.0813 e. The number of hydrogen-bond donors (Lipinski definition) is 0. The van der Waals surface area contributed by atoms with Crippen molar-refractivity contribution >= 4 is 35.3 Å². The highest BCUT2D eigenvalue weighted by Gasteiger charge is 2.41. The lowest BCUT2D eigenvalue weighted by Crippen LogP contribution is -2.41. The Morgan fingerprint density at radius 3 is 2.14 bits per heavy atom. The van der Waals surface area contributed by atoms with E-state index in [4.69, 9.17) is 5.10 Å². The summed E-state index contributed by atoms with van der Waals surface area (Å²) >= 11 is 3.57. The van der Waals surface area contributed by atoms with Crippen LogP contribution in [0, 0.1) is 5.92 Å². The number of rotatable bonds is 4. The van der Waals surface area contributed by atoms with Crippen molar-refractivity contribution in [2.75, 3.05) is 39.7 Å². The number of hydrazone groups is 1. The van der Waals surface area contributed by atoms with Crippen LogP contribution < -0.4 is 0 Å². The van der Waals surface area contributed by atoms with Crippen LogP contribution in [0.1, 0.15) is 17.2 Å². The molecule has 1 saturated heterocycles. The molecule has 0 amide bonds. The Balaban J connectivity index is 1.64. The average Bonchev–Trinajstić information content (AvgIpc) is 3.04. The van der Waals surface area contributed by atoms with Crippen molar-refractivity contribution in [1.29, 1.82) is 0 Å². The zero-order chi connectivity index (χ0) is 19.7. The summed E-state index contributed by atoms with van der Waals surface area (Å²) in [5, 5.41) is 7.17. The Kier molecular flexibility index (Phi) is 5.85. The molecule has 2 aliphatic rings. The fourth-order valence-electron chi connectivity index (χ4n) is 4.25. The van der Waals surface area contributed by atoms with Gasteiger partial charge in [0.1, 0.15) is 0 Å². The van der Waals surface area contributed by atoms with Gasteiger partial charge in [-0.2, -0.15) is 5.10 Å². The van der Waals surface area contributed by atoms with Crippen molar-refractivity contribution in [2.45, 2.75) is 15.8 Å². The van der Waals surface area contributed by atoms with E-state index in [1.54, 1.807) is 23.5 Å². The van der Waals surface area contributed by atoms with Gasteiger partial charge in [0.25, 0.3) is 0 Å². The van der Waals surface area contributed by atoms with E-state index in [0.29, 0.717) is 12.0 Å². The number of nitrogens with zero attached hydrogens (tertiary/aromatic N) is 3. The predicted octanol–water partition coefficient (Wildman–Crippen LogP) is 5.12. The fraction of sp³-hybridized carbons (Fsp3) is 0.348. The van der Waals surface area contributed by atoms with Crippen LogP contribution in [0.15, 0.2) is 69.0 Å². The van der Waals surface area contributed by atoms with E-state index < -0.39 is 0 Å². The molecular formula is C23H27N3S2. The molecular weight excluding hydrogens is 382 g/mol. The molecule has 0 spiro atoms. The molecule has 2 aromatic rings. The number of likely N-dealkylation sites (N-methyl/N-ethyl adjacent to an activating group) is 1. The summed E-state index contributed by atoms with van der Waals surface area (Å²) in [6.07, 6.45) is 6.55. The molecule has 0 saturated carbocycles. The van der Waals surface area contributed by atoms with E-state index >= 15 is 0 Å². The van der Waals surface area contributed by atoms with Crippen molar-refractivity contribution in [1.82, 2.24) is 9.91 Å². The van der Waals surface area contributed by atoms with Gasteiger partial charge in [0.2, 0.25) is 0 Å². The van der Waals surface area contributed by atoms with Gasteiger partial charge in [-0.05, 0) is 66.6 Å². The average molecular weight is 410 g/mol. The number of piperidine rings is 1. The largest absolute Gasteiger partial charge is 0.301 e. The second kappa shape index (κ2) is 8.36. The van der Waals surface area contributed by atoms with Crippen molar-refractivity contribution in [3.05, 3.63) is 65.2 Å². The van der Waals surface area contributed by atoms with Gasteiger partial charge in [0, 0.05) is 35.8 Å². The molecule has 3 nitrogen and oxygen atoms in total. The Labute approximate surface area is 176 Å². The van der Waals surface area contributed by atoms with E-state index in [9.17, 15) is 0 Å². The van der Waals surface area contributed by atoms with Crippen LogP contribution in [-0.4, -0.2) is 55.3 Å². The van der Waals surface area contributed by atoms with E-state index in [2.05, 4.69) is 91.1 Å². The molecule has 0 bridgehead atoms. The molecule has 2 aliphatic heterocycles. The third-order valence-corrected chi connectivity index (χ3v) is 7.08. The van der Waals surface area contributed by atoms with E-state index in [-0.39, 0.29) is 0 Å². The van der Waals surface area contributed by atoms with E-state index in [0.717, 1.165) is 13.1 Å². The molecule has 0 aromatic heterocycles. The first-order valence-corrected chi connectivity index (χ1v) is 12.0. The van der Waals surface area contributed by atoms with Gasteiger partial charge in [0.15, 0.2) is 0 Å². The topological polar surface area (TPSA) is 18.8 Å². The fourth-order valence-corrected chi connectivity index (χ4v) is 5.06. The van der Waals surface area contributed by atoms with Gasteiger partial charge in [-0.25, -0.2) is 0 Å². The highest BCUT2D eigenvalue weighted by atomic mass is 32.2. The zero-order valence-electron chi connectivity index (χ0n) is 16.9. The van der Waals surface area contributed by atoms with E-state index in [1.165, 1.54) is 32.2 Å². The van der Waals surface area contributed by atoms with E-state index in [1.807, 2.05) is 0 Å². The lowest BCUT2D eigenvalue weighted by atomic mass is 9.83. The molecule has 2 heterocycles. The minimum Gasteiger partial charge on any atom is -0.301 e. The smallest absolute Gasteiger partial charge is 0.0813 e. The molecule has 0 radical (unpaired) electrons. The summed E-state index contributed by atoms with van der Waals surface area (Å²) in [5.41, 5.74) is 5.20. The summed E-state index contributed by atoms with van der Waals surface area (Å²) in [5.74, 6) is 0.403. The zero-order valence-corrected chi connectivity index (χ0v) is 18.6. The molecule has 4 rings (SSSR count). The van der Waals surface area contributed by atoms with Crippen molar-refractivity contribution < 1.29 is 0 Å². The number of hydrogen-bond acceptors (Lipinski definition) is 5. The van der Waals surface area contributed by atoms with Crippen LogP contribution in [0.2, 0.25) is 0 Å². The van der Waals surface area contributed by atoms with Crippen LogP contribution in [-0.2, 0) is 0 Å². The number of thioether (sulfide) groups is 2. The molecule has 2 atom stereocenters. The first-order valence-electron chi connectivity index (χ1n) is 9.58. The third kappa shape index (κ3) is 3.88. The Morgan fingerprint density at radius 1 is 0.929 bits per heavy atom. The second-order valence-corrected chi connectivity index (χ2v) is 9.28. The van der Waals surface area contributed by atoms with Gasteiger partial charge in [-0.1, -0.05) is 24.3 Å². The minimum atomic E-state index is 0.302. The lowest BCUT2D eigenvalue weighted by Gasteiger charge is -2.34. The maximum absolute atomic E-state index is 5.00. The normalized spacial score (nSPS) is 23.8. The lowest BCUT2D eigenvalue weighted by molar-refractivity contribution is 0.211. The molecule has 0 N–H and O–H groups in total. The molecule has 28 heavy (non-hydrogen) atoms. The Bertz CT molecular complexity index is 887. The highest BCUT2D eigenvalue weighted by molar-refractivity contribution is 7.98. The highest BCUT2D eigenvalue weighted by Crippen LogP contribution is 2.40. The van der Waals surface area contributed by atoms with Crippen LogP contribution in [0.3, 0.4) is 0 Å². The molecule has 1 fully saturated rings. The summed E-state index contributed by atoms with van der Waals surface area (Å²) in [7, 11) is 4.33. The minimum absolute atomic E-state index is 0.302. The third-order valence-electron chi connectivity index (χ3n) is 5.59. The number of benzene rings is 2. The summed E-state index contributed by atoms with van der Waals surface area (Å²) in [6.45, 7) is 1.99. The van der Waals surface area contributed by atoms with Crippen molar-refractivity contribution in [3.8, 4) is 0 Å². The Morgan fingerprint density at radius 2 is 1.54 bits per heavy atom. The predicted molar refractivity (Wildman–Crippen MR) is 123 cm³/mol. The quantitative estimate of drug-likeness (QED) is 0.653. The maximum atomic E-state index is 5.00. The van der Waals surface area contributed by atoms with Crippen molar-refractivity contribution in [3.63, 3.8) is 0 Å². The Hall–Kier alpha value is -1.69. The molecule has 0 unspecified atom stereocenters. The van der Waals surface area contributed by atoms with Crippen LogP contribution >= 0.6 is 23.5 Å². The molecule has 146 valence electrons. The molecule has 2 aromatic carbocycles. The molecule has 5 heteroatoms. The van der Waals surface area contributed by atoms with Crippen molar-refractivity contribution in [2.24, 2.45) is 11.0 Å². The number of fused-ring (bicyclic) bond motifs is 1. The van der Waals surface area contributed by atoms with Crippen LogP contribution in [0.5, 0.6) is 0 Å². The second-order valence-electron chi connectivity index (χ2n) is 7.52.